The zero-order valence-electron chi connectivity index (χ0n) is 15.3. The summed E-state index contributed by atoms with van der Waals surface area (Å²) in [5, 5.41) is 0. The molecule has 126 valence electrons. The van der Waals surface area contributed by atoms with Gasteiger partial charge in [-0.1, -0.05) is 66.7 Å². The van der Waals surface area contributed by atoms with Crippen molar-refractivity contribution in [3.05, 3.63) is 12.3 Å². The Morgan fingerprint density at radius 3 is 1.95 bits per heavy atom. The summed E-state index contributed by atoms with van der Waals surface area (Å²) in [6.45, 7) is 18.0. The Kier molecular flexibility index (Phi) is 11.4. The van der Waals surface area contributed by atoms with Gasteiger partial charge in [0.15, 0.2) is 0 Å². The lowest BCUT2D eigenvalue weighted by Gasteiger charge is -2.33. The molecule has 2 nitrogen and oxygen atoms in total. The minimum absolute atomic E-state index is 0.254. The first-order chi connectivity index (χ1) is 9.86. The second-order valence-electron chi connectivity index (χ2n) is 6.91. The average molecular weight is 315 g/mol. The fourth-order valence-corrected chi connectivity index (χ4v) is 4.53. The molecule has 0 aromatic heterocycles. The molecule has 3 heteroatoms. The number of hydrogen-bond donors (Lipinski definition) is 0. The van der Waals surface area contributed by atoms with Gasteiger partial charge in [-0.3, -0.25) is 0 Å². The Labute approximate surface area is 134 Å². The molecular weight excluding hydrogens is 276 g/mol. The van der Waals surface area contributed by atoms with Crippen LogP contribution in [0, 0.1) is 11.8 Å². The molecule has 0 bridgehead atoms. The van der Waals surface area contributed by atoms with E-state index in [1.54, 1.807) is 0 Å². The van der Waals surface area contributed by atoms with E-state index in [1.807, 2.05) is 5.70 Å². The third-order valence-corrected chi connectivity index (χ3v) is 6.20. The predicted molar refractivity (Wildman–Crippen MR) is 95.7 cm³/mol. The molecular formula is C18H38O2Si. The van der Waals surface area contributed by atoms with Gasteiger partial charge in [0.25, 0.3) is 0 Å². The SMILES string of the molecule is C=C[Si](C)(OCCCCCCCC)OC(C(C)C)C(C)C. The topological polar surface area (TPSA) is 18.5 Å². The van der Waals surface area contributed by atoms with E-state index in [9.17, 15) is 0 Å². The summed E-state index contributed by atoms with van der Waals surface area (Å²) >= 11 is 0. The van der Waals surface area contributed by atoms with Gasteiger partial charge in [-0.15, -0.1) is 6.58 Å². The van der Waals surface area contributed by atoms with Gasteiger partial charge in [-0.25, -0.2) is 0 Å². The summed E-state index contributed by atoms with van der Waals surface area (Å²) in [6, 6.07) is 0. The summed E-state index contributed by atoms with van der Waals surface area (Å²) in [5.74, 6) is 1.02. The van der Waals surface area contributed by atoms with E-state index in [2.05, 4.69) is 47.7 Å². The number of hydrogen-bond acceptors (Lipinski definition) is 2. The van der Waals surface area contributed by atoms with Gasteiger partial charge in [-0.2, -0.15) is 0 Å². The Morgan fingerprint density at radius 1 is 0.952 bits per heavy atom. The summed E-state index contributed by atoms with van der Waals surface area (Å²) in [4.78, 5) is 0. The second kappa shape index (κ2) is 11.4. The van der Waals surface area contributed by atoms with E-state index in [0.717, 1.165) is 13.0 Å². The summed E-state index contributed by atoms with van der Waals surface area (Å²) in [6.07, 6.45) is 7.99. The third kappa shape index (κ3) is 9.49. The van der Waals surface area contributed by atoms with Gasteiger partial charge in [0.05, 0.1) is 6.10 Å². The molecule has 0 aromatic rings. The minimum atomic E-state index is -2.22. The highest BCUT2D eigenvalue weighted by molar-refractivity contribution is 6.71. The monoisotopic (exact) mass is 314 g/mol. The lowest BCUT2D eigenvalue weighted by molar-refractivity contribution is 0.0588. The number of rotatable bonds is 13. The highest BCUT2D eigenvalue weighted by Crippen LogP contribution is 2.22. The van der Waals surface area contributed by atoms with Crippen molar-refractivity contribution in [2.45, 2.75) is 85.8 Å². The first-order valence-corrected chi connectivity index (χ1v) is 11.2. The maximum absolute atomic E-state index is 6.35. The van der Waals surface area contributed by atoms with Gasteiger partial charge >= 0.3 is 8.56 Å². The minimum Gasteiger partial charge on any atom is -0.391 e. The van der Waals surface area contributed by atoms with Gasteiger partial charge in [-0.05, 0) is 30.5 Å². The van der Waals surface area contributed by atoms with Crippen LogP contribution in [0.3, 0.4) is 0 Å². The van der Waals surface area contributed by atoms with Gasteiger partial charge in [0.2, 0.25) is 0 Å². The van der Waals surface area contributed by atoms with Gasteiger partial charge in [0.1, 0.15) is 0 Å². The Morgan fingerprint density at radius 2 is 1.48 bits per heavy atom. The number of unbranched alkanes of at least 4 members (excludes halogenated alkanes) is 5. The first-order valence-electron chi connectivity index (χ1n) is 8.81. The molecule has 0 amide bonds. The molecule has 1 atom stereocenters. The maximum atomic E-state index is 6.35. The summed E-state index contributed by atoms with van der Waals surface area (Å²) < 4.78 is 12.5. The zero-order valence-corrected chi connectivity index (χ0v) is 16.3. The molecule has 0 saturated heterocycles. The average Bonchev–Trinajstić information content (AvgIpc) is 2.43. The molecule has 0 rings (SSSR count). The lowest BCUT2D eigenvalue weighted by Crippen LogP contribution is -2.44. The van der Waals surface area contributed by atoms with E-state index < -0.39 is 8.56 Å². The fourth-order valence-electron chi connectivity index (χ4n) is 2.61. The molecule has 0 aromatic carbocycles. The molecule has 0 N–H and O–H groups in total. The smallest absolute Gasteiger partial charge is 0.361 e. The predicted octanol–water partition coefficient (Wildman–Crippen LogP) is 5.86. The first kappa shape index (κ1) is 20.9. The molecule has 1 unspecified atom stereocenters. The molecule has 0 aliphatic carbocycles. The highest BCUT2D eigenvalue weighted by Gasteiger charge is 2.33. The van der Waals surface area contributed by atoms with Crippen LogP contribution in [0.25, 0.3) is 0 Å². The Balaban J connectivity index is 4.12. The van der Waals surface area contributed by atoms with E-state index >= 15 is 0 Å². The lowest BCUT2D eigenvalue weighted by atomic mass is 9.97. The van der Waals surface area contributed by atoms with Crippen LogP contribution in [-0.4, -0.2) is 21.3 Å². The van der Waals surface area contributed by atoms with Crippen LogP contribution in [-0.2, 0) is 8.85 Å². The molecule has 0 radical (unpaired) electrons. The quantitative estimate of drug-likeness (QED) is 0.313. The molecule has 0 saturated carbocycles. The normalized spacial score (nSPS) is 14.9. The van der Waals surface area contributed by atoms with Crippen molar-refractivity contribution in [1.29, 1.82) is 0 Å². The molecule has 0 spiro atoms. The van der Waals surface area contributed by atoms with Gasteiger partial charge < -0.3 is 8.85 Å². The molecule has 0 fully saturated rings. The van der Waals surface area contributed by atoms with E-state index in [0.29, 0.717) is 11.8 Å². The van der Waals surface area contributed by atoms with E-state index in [4.69, 9.17) is 8.85 Å². The van der Waals surface area contributed by atoms with Crippen LogP contribution in [0.4, 0.5) is 0 Å². The fraction of sp³-hybridized carbons (Fsp3) is 0.889. The van der Waals surface area contributed by atoms with Crippen molar-refractivity contribution in [1.82, 2.24) is 0 Å². The summed E-state index contributed by atoms with van der Waals surface area (Å²) in [7, 11) is -2.22. The van der Waals surface area contributed by atoms with Crippen molar-refractivity contribution in [3.8, 4) is 0 Å². The van der Waals surface area contributed by atoms with Crippen LogP contribution in [0.15, 0.2) is 12.3 Å². The van der Waals surface area contributed by atoms with Crippen LogP contribution in [0.1, 0.15) is 73.1 Å². The molecule has 21 heavy (non-hydrogen) atoms. The van der Waals surface area contributed by atoms with Crippen molar-refractivity contribution < 1.29 is 8.85 Å². The van der Waals surface area contributed by atoms with E-state index in [-0.39, 0.29) is 6.10 Å². The van der Waals surface area contributed by atoms with Crippen LogP contribution < -0.4 is 0 Å². The van der Waals surface area contributed by atoms with Crippen molar-refractivity contribution in [2.24, 2.45) is 11.8 Å². The van der Waals surface area contributed by atoms with Crippen LogP contribution >= 0.6 is 0 Å². The van der Waals surface area contributed by atoms with Crippen LogP contribution in [0.2, 0.25) is 6.55 Å². The molecule has 0 heterocycles. The largest absolute Gasteiger partial charge is 0.391 e. The maximum Gasteiger partial charge on any atom is 0.361 e. The van der Waals surface area contributed by atoms with Crippen molar-refractivity contribution in [3.63, 3.8) is 0 Å². The van der Waals surface area contributed by atoms with E-state index in [1.165, 1.54) is 32.1 Å². The van der Waals surface area contributed by atoms with Crippen LogP contribution in [0.5, 0.6) is 0 Å². The third-order valence-electron chi connectivity index (χ3n) is 3.94. The zero-order chi connectivity index (χ0) is 16.3. The molecule has 0 aliphatic rings. The van der Waals surface area contributed by atoms with Crippen molar-refractivity contribution in [2.75, 3.05) is 6.61 Å². The van der Waals surface area contributed by atoms with Gasteiger partial charge in [0, 0.05) is 6.61 Å². The summed E-state index contributed by atoms with van der Waals surface area (Å²) in [5.41, 5.74) is 1.93. The Hall–Kier alpha value is -0.123. The van der Waals surface area contributed by atoms with Crippen molar-refractivity contribution >= 4 is 8.56 Å². The standard InChI is InChI=1S/C18H38O2Si/c1-8-10-11-12-13-14-15-19-21(7,9-2)20-18(16(3)4)17(5)6/h9,16-18H,2,8,10-15H2,1,3-7H3. The Bertz CT molecular complexity index is 258. The highest BCUT2D eigenvalue weighted by atomic mass is 28.4. The second-order valence-corrected chi connectivity index (χ2v) is 9.87. The molecule has 0 aliphatic heterocycles.